The van der Waals surface area contributed by atoms with Crippen LogP contribution in [-0.2, 0) is 38.1 Å². The van der Waals surface area contributed by atoms with Crippen molar-refractivity contribution < 1.29 is 42.8 Å². The Balaban J connectivity index is 2.00. The number of hydrogen-bond donors (Lipinski definition) is 1. The summed E-state index contributed by atoms with van der Waals surface area (Å²) in [6.07, 6.45) is -4.00. The number of nitrogens with one attached hydrogen (secondary N) is 1. The molecule has 0 aliphatic carbocycles. The van der Waals surface area contributed by atoms with Gasteiger partial charge in [-0.3, -0.25) is 14.4 Å². The van der Waals surface area contributed by atoms with Gasteiger partial charge >= 0.3 is 11.9 Å². The summed E-state index contributed by atoms with van der Waals surface area (Å²) in [7, 11) is 1.55. The molecule has 1 aliphatic heterocycles. The van der Waals surface area contributed by atoms with Crippen LogP contribution in [0.25, 0.3) is 10.4 Å². The quantitative estimate of drug-likeness (QED) is 0.121. The molecule has 7 atom stereocenters. The molecule has 1 saturated heterocycles. The minimum Gasteiger partial charge on any atom is -0.465 e. The van der Waals surface area contributed by atoms with Gasteiger partial charge in [-0.2, -0.15) is 0 Å². The first-order chi connectivity index (χ1) is 20.1. The number of esters is 2. The first-order valence-corrected chi connectivity index (χ1v) is 13.4. The lowest BCUT2D eigenvalue weighted by Crippen LogP contribution is -2.62. The van der Waals surface area contributed by atoms with Gasteiger partial charge in [0.05, 0.1) is 6.04 Å². The van der Waals surface area contributed by atoms with Crippen LogP contribution in [0.1, 0.15) is 44.9 Å². The van der Waals surface area contributed by atoms with E-state index in [1.54, 1.807) is 33.1 Å². The number of carbonyl (C=O) groups excluding carboxylic acids is 3. The molecular weight excluding hydrogens is 548 g/mol. The number of rotatable bonds is 13. The van der Waals surface area contributed by atoms with Crippen LogP contribution >= 0.6 is 0 Å². The van der Waals surface area contributed by atoms with Gasteiger partial charge in [0.1, 0.15) is 37.2 Å². The minimum atomic E-state index is -1.10. The first-order valence-electron chi connectivity index (χ1n) is 13.4. The first kappa shape index (κ1) is 32.4. The summed E-state index contributed by atoms with van der Waals surface area (Å²) in [5.41, 5.74) is 10.2. The van der Waals surface area contributed by atoms with Gasteiger partial charge in [-0.25, -0.2) is 0 Å². The van der Waals surface area contributed by atoms with Crippen molar-refractivity contribution in [1.29, 1.82) is 0 Å². The van der Waals surface area contributed by atoms with Crippen molar-refractivity contribution in [3.05, 3.63) is 76.2 Å². The van der Waals surface area contributed by atoms with Crippen LogP contribution < -0.4 is 10.1 Å². The number of azide groups is 1. The van der Waals surface area contributed by atoms with Crippen molar-refractivity contribution in [3.63, 3.8) is 0 Å². The van der Waals surface area contributed by atoms with E-state index in [1.165, 1.54) is 13.8 Å². The Labute approximate surface area is 244 Å². The normalized spacial score (nSPS) is 23.0. The molecule has 7 unspecified atom stereocenters. The molecule has 226 valence electrons. The molecule has 42 heavy (non-hydrogen) atoms. The van der Waals surface area contributed by atoms with Crippen molar-refractivity contribution in [2.75, 3.05) is 20.3 Å². The van der Waals surface area contributed by atoms with Crippen LogP contribution in [0.2, 0.25) is 0 Å². The van der Waals surface area contributed by atoms with Crippen LogP contribution in [0.5, 0.6) is 5.75 Å². The number of ether oxygens (including phenoxy) is 6. The third-order valence-corrected chi connectivity index (χ3v) is 6.60. The van der Waals surface area contributed by atoms with E-state index in [9.17, 15) is 14.4 Å². The maximum Gasteiger partial charge on any atom is 0.303 e. The number of amides is 1. The molecule has 13 heteroatoms. The second kappa shape index (κ2) is 15.7. The summed E-state index contributed by atoms with van der Waals surface area (Å²) in [5, 5.41) is 6.13. The fourth-order valence-electron chi connectivity index (χ4n) is 4.55. The number of hydrogen-bond acceptors (Lipinski definition) is 10. The Bertz CT molecular complexity index is 1240. The average Bonchev–Trinajstić information content (AvgIpc) is 2.97. The Morgan fingerprint density at radius 1 is 1.05 bits per heavy atom. The molecule has 1 aliphatic rings. The van der Waals surface area contributed by atoms with E-state index in [0.717, 1.165) is 11.1 Å². The molecule has 13 nitrogen and oxygen atoms in total. The van der Waals surface area contributed by atoms with Crippen molar-refractivity contribution in [2.24, 2.45) is 11.0 Å². The van der Waals surface area contributed by atoms with E-state index in [4.69, 9.17) is 34.0 Å². The number of methoxy groups -OCH3 is 1. The van der Waals surface area contributed by atoms with E-state index in [1.807, 2.05) is 42.5 Å². The molecule has 0 saturated carbocycles. The van der Waals surface area contributed by atoms with E-state index < -0.39 is 67.2 Å². The molecule has 2 aromatic rings. The Hall–Kier alpha value is -4.16. The summed E-state index contributed by atoms with van der Waals surface area (Å²) >= 11 is 0. The van der Waals surface area contributed by atoms with Gasteiger partial charge in [-0.15, -0.1) is 0 Å². The third-order valence-electron chi connectivity index (χ3n) is 6.60. The maximum absolute atomic E-state index is 12.7. The Morgan fingerprint density at radius 2 is 1.71 bits per heavy atom. The summed E-state index contributed by atoms with van der Waals surface area (Å²) in [6, 6.07) is 15.8. The Kier molecular flexibility index (Phi) is 12.1. The summed E-state index contributed by atoms with van der Waals surface area (Å²) in [6.45, 7) is 5.37. The van der Waals surface area contributed by atoms with Crippen molar-refractivity contribution in [3.8, 4) is 5.75 Å². The van der Waals surface area contributed by atoms with Gasteiger partial charge in [0.25, 0.3) is 0 Å². The third kappa shape index (κ3) is 9.18. The molecule has 3 rings (SSSR count). The standard InChI is InChI=1S/C29H36N4O9/c1-17-26(32-25(36)15-31-33-30)29(41-24(16-38-18(2)34)27(17)39-19(3)35)42-28(21-9-7-6-8-10-21)22-11-13-23(14-12-22)40-20(4)37-5/h6-14,17,20,24,26-29H,15-16H2,1-5H3,(H,32,36). The monoisotopic (exact) mass is 584 g/mol. The highest BCUT2D eigenvalue weighted by molar-refractivity contribution is 5.78. The second-order valence-corrected chi connectivity index (χ2v) is 9.68. The van der Waals surface area contributed by atoms with Crippen LogP contribution in [0, 0.1) is 5.92 Å². The second-order valence-electron chi connectivity index (χ2n) is 9.68. The predicted octanol–water partition coefficient (Wildman–Crippen LogP) is 3.81. The number of benzene rings is 2. The van der Waals surface area contributed by atoms with E-state index in [2.05, 4.69) is 15.3 Å². The van der Waals surface area contributed by atoms with Gasteiger partial charge < -0.3 is 33.7 Å². The highest BCUT2D eigenvalue weighted by Crippen LogP contribution is 2.35. The zero-order valence-corrected chi connectivity index (χ0v) is 24.2. The number of nitrogens with zero attached hydrogens (tertiary/aromatic N) is 3. The molecule has 0 aromatic heterocycles. The molecule has 1 fully saturated rings. The zero-order chi connectivity index (χ0) is 30.6. The lowest BCUT2D eigenvalue weighted by molar-refractivity contribution is -0.271. The molecular formula is C29H36N4O9. The van der Waals surface area contributed by atoms with Crippen LogP contribution in [0.4, 0.5) is 0 Å². The molecule has 1 N–H and O–H groups in total. The van der Waals surface area contributed by atoms with E-state index >= 15 is 0 Å². The minimum absolute atomic E-state index is 0.212. The van der Waals surface area contributed by atoms with Gasteiger partial charge in [-0.1, -0.05) is 54.5 Å². The summed E-state index contributed by atoms with van der Waals surface area (Å²) < 4.78 is 34.5. The number of carbonyl (C=O) groups is 3. The fraction of sp³-hybridized carbons (Fsp3) is 0.483. The van der Waals surface area contributed by atoms with Gasteiger partial charge in [0, 0.05) is 31.8 Å². The topological polar surface area (TPSA) is 167 Å². The van der Waals surface area contributed by atoms with Gasteiger partial charge in [0.2, 0.25) is 5.91 Å². The molecule has 1 amide bonds. The van der Waals surface area contributed by atoms with Gasteiger partial charge in [0.15, 0.2) is 12.6 Å². The Morgan fingerprint density at radius 3 is 2.31 bits per heavy atom. The molecule has 2 aromatic carbocycles. The fourth-order valence-corrected chi connectivity index (χ4v) is 4.55. The molecule has 0 spiro atoms. The largest absolute Gasteiger partial charge is 0.465 e. The zero-order valence-electron chi connectivity index (χ0n) is 24.2. The highest BCUT2D eigenvalue weighted by Gasteiger charge is 2.48. The van der Waals surface area contributed by atoms with E-state index in [-0.39, 0.29) is 6.61 Å². The lowest BCUT2D eigenvalue weighted by Gasteiger charge is -2.45. The summed E-state index contributed by atoms with van der Waals surface area (Å²) in [5.74, 6) is -1.66. The SMILES string of the molecule is COC(C)Oc1ccc(C(OC2OC(COC(C)=O)C(OC(C)=O)C(C)C2NC(=O)CN=[N+]=[N-])c2ccccc2)cc1. The summed E-state index contributed by atoms with van der Waals surface area (Å²) in [4.78, 5) is 38.9. The van der Waals surface area contributed by atoms with E-state index in [0.29, 0.717) is 5.75 Å². The molecule has 0 bridgehead atoms. The van der Waals surface area contributed by atoms with Crippen LogP contribution in [0.15, 0.2) is 59.7 Å². The van der Waals surface area contributed by atoms with Gasteiger partial charge in [-0.05, 0) is 35.7 Å². The van der Waals surface area contributed by atoms with Crippen LogP contribution in [0.3, 0.4) is 0 Å². The van der Waals surface area contributed by atoms with Crippen LogP contribution in [-0.4, -0.2) is 68.9 Å². The molecule has 1 heterocycles. The highest BCUT2D eigenvalue weighted by atomic mass is 16.7. The van der Waals surface area contributed by atoms with Crippen molar-refractivity contribution in [1.82, 2.24) is 5.32 Å². The lowest BCUT2D eigenvalue weighted by atomic mass is 9.88. The maximum atomic E-state index is 12.7. The molecule has 0 radical (unpaired) electrons. The smallest absolute Gasteiger partial charge is 0.303 e. The average molecular weight is 585 g/mol. The van der Waals surface area contributed by atoms with Crippen molar-refractivity contribution >= 4 is 17.8 Å². The van der Waals surface area contributed by atoms with Crippen molar-refractivity contribution in [2.45, 2.75) is 64.6 Å². The predicted molar refractivity (Wildman–Crippen MR) is 149 cm³/mol.